The third-order valence-electron chi connectivity index (χ3n) is 4.53. The van der Waals surface area contributed by atoms with E-state index in [0.717, 1.165) is 0 Å². The van der Waals surface area contributed by atoms with Gasteiger partial charge in [-0.05, 0) is 0 Å². The first-order valence-electron chi connectivity index (χ1n) is 8.02. The molecule has 0 amide bonds. The summed E-state index contributed by atoms with van der Waals surface area (Å²) in [7, 11) is 0. The maximum atomic E-state index is 12.1. The standard InChI is InChI=1S/C14H19N5O6/c20-5-7-9(21)10(22)13(25-7)19-11-8(12(23)16-6-15-11)17-14(19)18-1-3-24-4-2-18/h6-7,9-10,13,20-22H,1-5H2,(H,15,16,23)/t7?,9-,10-,13-/m1/s1. The van der Waals surface area contributed by atoms with Crippen molar-refractivity contribution in [1.29, 1.82) is 0 Å². The Morgan fingerprint density at radius 2 is 2.04 bits per heavy atom. The number of imidazole rings is 1. The van der Waals surface area contributed by atoms with E-state index in [1.807, 2.05) is 4.90 Å². The van der Waals surface area contributed by atoms with Crippen LogP contribution in [-0.4, -0.2) is 86.1 Å². The van der Waals surface area contributed by atoms with Crippen LogP contribution in [0, 0.1) is 0 Å². The number of hydrogen-bond acceptors (Lipinski definition) is 9. The van der Waals surface area contributed by atoms with Crippen molar-refractivity contribution >= 4 is 17.1 Å². The second kappa shape index (κ2) is 6.35. The fourth-order valence-corrected chi connectivity index (χ4v) is 3.22. The van der Waals surface area contributed by atoms with Gasteiger partial charge in [0.05, 0.1) is 26.1 Å². The van der Waals surface area contributed by atoms with Gasteiger partial charge in [-0.3, -0.25) is 9.36 Å². The van der Waals surface area contributed by atoms with Gasteiger partial charge in [0.2, 0.25) is 5.95 Å². The van der Waals surface area contributed by atoms with Gasteiger partial charge >= 0.3 is 0 Å². The van der Waals surface area contributed by atoms with E-state index in [-0.39, 0.29) is 11.2 Å². The van der Waals surface area contributed by atoms with E-state index in [1.54, 1.807) is 0 Å². The number of rotatable bonds is 3. The first-order valence-corrected chi connectivity index (χ1v) is 8.02. The van der Waals surface area contributed by atoms with Gasteiger partial charge in [-0.15, -0.1) is 0 Å². The summed E-state index contributed by atoms with van der Waals surface area (Å²) in [6.07, 6.45) is -3.27. The fraction of sp³-hybridized carbons (Fsp3) is 0.643. The van der Waals surface area contributed by atoms with Crippen molar-refractivity contribution in [3.63, 3.8) is 0 Å². The van der Waals surface area contributed by atoms with Crippen LogP contribution in [0.4, 0.5) is 5.95 Å². The third-order valence-corrected chi connectivity index (χ3v) is 4.53. The molecule has 136 valence electrons. The molecule has 11 heteroatoms. The predicted octanol–water partition coefficient (Wildman–Crippen LogP) is -2.43. The normalized spacial score (nSPS) is 30.3. The Labute approximate surface area is 141 Å². The number of aromatic amines is 1. The topological polar surface area (TPSA) is 146 Å². The van der Waals surface area contributed by atoms with Gasteiger partial charge in [0, 0.05) is 13.1 Å². The van der Waals surface area contributed by atoms with Gasteiger partial charge in [0.25, 0.3) is 5.56 Å². The molecule has 2 aliphatic rings. The van der Waals surface area contributed by atoms with Crippen LogP contribution in [0.25, 0.3) is 11.2 Å². The Bertz CT molecular complexity index is 816. The van der Waals surface area contributed by atoms with Crippen molar-refractivity contribution in [3.05, 3.63) is 16.7 Å². The molecule has 0 aliphatic carbocycles. The third kappa shape index (κ3) is 2.60. The zero-order valence-corrected chi connectivity index (χ0v) is 13.3. The number of anilines is 1. The van der Waals surface area contributed by atoms with Crippen LogP contribution in [0.3, 0.4) is 0 Å². The van der Waals surface area contributed by atoms with Gasteiger partial charge in [0.15, 0.2) is 17.4 Å². The minimum Gasteiger partial charge on any atom is -0.394 e. The number of morpholine rings is 1. The Morgan fingerprint density at radius 3 is 2.72 bits per heavy atom. The summed E-state index contributed by atoms with van der Waals surface area (Å²) >= 11 is 0. The quantitative estimate of drug-likeness (QED) is 0.473. The molecule has 2 aliphatic heterocycles. The summed E-state index contributed by atoms with van der Waals surface area (Å²) in [5.41, 5.74) is -0.0631. The van der Waals surface area contributed by atoms with Crippen molar-refractivity contribution in [2.24, 2.45) is 0 Å². The number of hydrogen-bond donors (Lipinski definition) is 4. The number of aliphatic hydroxyl groups excluding tert-OH is 3. The highest BCUT2D eigenvalue weighted by atomic mass is 16.6. The lowest BCUT2D eigenvalue weighted by molar-refractivity contribution is -0.0506. The second-order valence-corrected chi connectivity index (χ2v) is 6.01. The second-order valence-electron chi connectivity index (χ2n) is 6.01. The molecule has 2 saturated heterocycles. The molecule has 25 heavy (non-hydrogen) atoms. The van der Waals surface area contributed by atoms with Crippen LogP contribution in [-0.2, 0) is 9.47 Å². The lowest BCUT2D eigenvalue weighted by Crippen LogP contribution is -2.39. The van der Waals surface area contributed by atoms with E-state index >= 15 is 0 Å². The minimum absolute atomic E-state index is 0.113. The Hall–Kier alpha value is -2.05. The number of fused-ring (bicyclic) bond motifs is 1. The maximum Gasteiger partial charge on any atom is 0.278 e. The minimum atomic E-state index is -1.30. The first-order chi connectivity index (χ1) is 12.1. The van der Waals surface area contributed by atoms with E-state index < -0.39 is 36.7 Å². The molecule has 4 rings (SSSR count). The summed E-state index contributed by atoms with van der Waals surface area (Å²) in [4.78, 5) is 25.0. The van der Waals surface area contributed by atoms with Crippen LogP contribution >= 0.6 is 0 Å². The maximum absolute atomic E-state index is 12.1. The number of H-pyrrole nitrogens is 1. The number of nitrogens with zero attached hydrogens (tertiary/aromatic N) is 4. The van der Waals surface area contributed by atoms with E-state index in [4.69, 9.17) is 9.47 Å². The highest BCUT2D eigenvalue weighted by molar-refractivity contribution is 5.73. The highest BCUT2D eigenvalue weighted by Crippen LogP contribution is 2.34. The van der Waals surface area contributed by atoms with Crippen molar-refractivity contribution in [2.45, 2.75) is 24.5 Å². The van der Waals surface area contributed by atoms with Crippen LogP contribution in [0.2, 0.25) is 0 Å². The van der Waals surface area contributed by atoms with Crippen LogP contribution in [0.15, 0.2) is 11.1 Å². The smallest absolute Gasteiger partial charge is 0.278 e. The van der Waals surface area contributed by atoms with Gasteiger partial charge in [-0.25, -0.2) is 9.97 Å². The van der Waals surface area contributed by atoms with Crippen molar-refractivity contribution in [1.82, 2.24) is 19.5 Å². The van der Waals surface area contributed by atoms with Gasteiger partial charge < -0.3 is 34.7 Å². The number of aliphatic hydroxyl groups is 3. The zero-order chi connectivity index (χ0) is 17.6. The average molecular weight is 353 g/mol. The molecule has 0 saturated carbocycles. The van der Waals surface area contributed by atoms with E-state index in [9.17, 15) is 20.1 Å². The molecule has 0 spiro atoms. The van der Waals surface area contributed by atoms with E-state index in [2.05, 4.69) is 15.0 Å². The summed E-state index contributed by atoms with van der Waals surface area (Å²) in [6, 6.07) is 0. The molecule has 11 nitrogen and oxygen atoms in total. The number of ether oxygens (including phenoxy) is 2. The number of nitrogens with one attached hydrogen (secondary N) is 1. The highest BCUT2D eigenvalue weighted by Gasteiger charge is 2.45. The Balaban J connectivity index is 1.86. The summed E-state index contributed by atoms with van der Waals surface area (Å²) < 4.78 is 12.5. The summed E-state index contributed by atoms with van der Waals surface area (Å²) in [5.74, 6) is 0.400. The lowest BCUT2D eigenvalue weighted by Gasteiger charge is -2.30. The molecule has 2 aromatic rings. The molecule has 1 unspecified atom stereocenters. The zero-order valence-electron chi connectivity index (χ0n) is 13.3. The van der Waals surface area contributed by atoms with Crippen LogP contribution in [0.5, 0.6) is 0 Å². The largest absolute Gasteiger partial charge is 0.394 e. The SMILES string of the molecule is O=c1[nH]cnc2c1nc(N1CCOCC1)n2[C@@H]1OC(CO)[C@@H](O)[C@H]1O. The number of aromatic nitrogens is 4. The fourth-order valence-electron chi connectivity index (χ4n) is 3.22. The van der Waals surface area contributed by atoms with Gasteiger partial charge in [-0.1, -0.05) is 0 Å². The lowest BCUT2D eigenvalue weighted by atomic mass is 10.1. The molecular formula is C14H19N5O6. The molecule has 2 fully saturated rings. The molecule has 0 aromatic carbocycles. The Kier molecular flexibility index (Phi) is 4.17. The summed E-state index contributed by atoms with van der Waals surface area (Å²) in [5, 5.41) is 29.8. The van der Waals surface area contributed by atoms with Crippen molar-refractivity contribution in [3.8, 4) is 0 Å². The van der Waals surface area contributed by atoms with Crippen molar-refractivity contribution < 1.29 is 24.8 Å². The van der Waals surface area contributed by atoms with Gasteiger partial charge in [-0.2, -0.15) is 0 Å². The van der Waals surface area contributed by atoms with Crippen molar-refractivity contribution in [2.75, 3.05) is 37.8 Å². The first kappa shape index (κ1) is 16.4. The van der Waals surface area contributed by atoms with E-state index in [1.165, 1.54) is 10.9 Å². The Morgan fingerprint density at radius 1 is 1.28 bits per heavy atom. The molecular weight excluding hydrogens is 334 g/mol. The molecule has 4 heterocycles. The van der Waals surface area contributed by atoms with Gasteiger partial charge in [0.1, 0.15) is 18.3 Å². The monoisotopic (exact) mass is 353 g/mol. The summed E-state index contributed by atoms with van der Waals surface area (Å²) in [6.45, 7) is 1.67. The predicted molar refractivity (Wildman–Crippen MR) is 84.2 cm³/mol. The van der Waals surface area contributed by atoms with E-state index in [0.29, 0.717) is 32.3 Å². The molecule has 4 N–H and O–H groups in total. The molecule has 0 bridgehead atoms. The molecule has 0 radical (unpaired) electrons. The van der Waals surface area contributed by atoms with Crippen LogP contribution < -0.4 is 10.5 Å². The molecule has 4 atom stereocenters. The van der Waals surface area contributed by atoms with Crippen LogP contribution in [0.1, 0.15) is 6.23 Å². The average Bonchev–Trinajstić information content (AvgIpc) is 3.15. The molecule has 2 aromatic heterocycles.